The van der Waals surface area contributed by atoms with Gasteiger partial charge in [-0.15, -0.1) is 0 Å². The molecule has 0 aliphatic carbocycles. The van der Waals surface area contributed by atoms with Crippen LogP contribution in [0.1, 0.15) is 41.5 Å². The minimum Gasteiger partial charge on any atom is -0.1000 e. The molecule has 0 aromatic rings. The minimum absolute atomic E-state index is 0.798. The minimum atomic E-state index is -1.55. The molecule has 0 fully saturated rings. The van der Waals surface area contributed by atoms with Crippen LogP contribution in [0.5, 0.6) is 0 Å². The van der Waals surface area contributed by atoms with Crippen LogP contribution in [-0.2, 0) is 0 Å². The summed E-state index contributed by atoms with van der Waals surface area (Å²) in [6, 6.07) is 0. The normalized spacial score (nSPS) is 14.6. The van der Waals surface area contributed by atoms with E-state index >= 15 is 0 Å². The molecule has 0 rings (SSSR count). The average molecular weight is 425 g/mol. The van der Waals surface area contributed by atoms with Gasteiger partial charge >= 0.3 is 0 Å². The second-order valence-corrected chi connectivity index (χ2v) is 42.9. The van der Waals surface area contributed by atoms with Gasteiger partial charge in [-0.1, -0.05) is 104 Å². The standard InChI is InChI=1S/C9H21Br3Si2/c1-7(2)13(8(3)4,9(5)6)14(10,11)12/h7-9H,1-6H3. The van der Waals surface area contributed by atoms with Gasteiger partial charge in [0.2, 0.25) is 0 Å². The second-order valence-electron chi connectivity index (χ2n) is 4.89. The van der Waals surface area contributed by atoms with Gasteiger partial charge in [0.1, 0.15) is 0 Å². The Morgan fingerprint density at radius 1 is 0.643 bits per heavy atom. The largest absolute Gasteiger partial charge is 0.255 e. The highest BCUT2D eigenvalue weighted by Crippen LogP contribution is 2.54. The SMILES string of the molecule is CC(C)[Si](C(C)C)(C(C)C)[Si](Br)(Br)Br. The van der Waals surface area contributed by atoms with Gasteiger partial charge in [0.15, 0.2) is 0 Å². The monoisotopic (exact) mass is 422 g/mol. The molecule has 86 valence electrons. The number of hydrogen-bond acceptors (Lipinski definition) is 0. The maximum absolute atomic E-state index is 3.94. The van der Waals surface area contributed by atoms with E-state index in [1.165, 1.54) is 0 Å². The van der Waals surface area contributed by atoms with Crippen molar-refractivity contribution < 1.29 is 0 Å². The fraction of sp³-hybridized carbons (Fsp3) is 1.00. The second kappa shape index (κ2) is 5.47. The molecule has 0 saturated carbocycles. The summed E-state index contributed by atoms with van der Waals surface area (Å²) in [4.78, 5) is 0. The zero-order valence-corrected chi connectivity index (χ0v) is 16.6. The molecule has 0 aromatic heterocycles. The fourth-order valence-electron chi connectivity index (χ4n) is 2.98. The van der Waals surface area contributed by atoms with Gasteiger partial charge in [-0.3, -0.25) is 0 Å². The van der Waals surface area contributed by atoms with Gasteiger partial charge < -0.3 is 0 Å². The highest BCUT2D eigenvalue weighted by Gasteiger charge is 2.57. The molecule has 0 aromatic carbocycles. The molecular weight excluding hydrogens is 404 g/mol. The summed E-state index contributed by atoms with van der Waals surface area (Å²) < 4.78 is -1.55. The first-order valence-electron chi connectivity index (χ1n) is 5.15. The number of hydrogen-bond donors (Lipinski definition) is 0. The molecule has 14 heavy (non-hydrogen) atoms. The molecule has 0 bridgehead atoms. The summed E-state index contributed by atoms with van der Waals surface area (Å²) in [6.45, 7) is 14.3. The Hall–Kier alpha value is 1.87. The summed E-state index contributed by atoms with van der Waals surface area (Å²) in [7, 11) is -1.34. The molecule has 0 nitrogen and oxygen atoms in total. The van der Waals surface area contributed by atoms with E-state index in [0.717, 1.165) is 16.6 Å². The fourth-order valence-corrected chi connectivity index (χ4v) is 51.9. The molecule has 0 atom stereocenters. The average Bonchev–Trinajstić information content (AvgIpc) is 1.79. The lowest BCUT2D eigenvalue weighted by atomic mass is 10.5. The Bertz CT molecular complexity index is 163. The van der Waals surface area contributed by atoms with E-state index in [2.05, 4.69) is 87.4 Å². The van der Waals surface area contributed by atoms with Crippen LogP contribution >= 0.6 is 45.9 Å². The van der Waals surface area contributed by atoms with Gasteiger partial charge in [0.05, 0.1) is 7.59 Å². The third-order valence-electron chi connectivity index (χ3n) is 3.36. The van der Waals surface area contributed by atoms with E-state index in [-0.39, 0.29) is 0 Å². The first-order valence-corrected chi connectivity index (χ1v) is 17.2. The molecule has 5 heteroatoms. The van der Waals surface area contributed by atoms with Crippen LogP contribution in [0.2, 0.25) is 16.6 Å². The van der Waals surface area contributed by atoms with E-state index in [4.69, 9.17) is 0 Å². The predicted octanol–water partition coefficient (Wildman–Crippen LogP) is 5.87. The van der Waals surface area contributed by atoms with Crippen LogP contribution in [0, 0.1) is 0 Å². The van der Waals surface area contributed by atoms with Crippen molar-refractivity contribution >= 4 is 56.9 Å². The van der Waals surface area contributed by atoms with E-state index in [1.54, 1.807) is 0 Å². The summed E-state index contributed by atoms with van der Waals surface area (Å²) in [5, 5.41) is 0. The van der Waals surface area contributed by atoms with E-state index in [0.29, 0.717) is 0 Å². The van der Waals surface area contributed by atoms with E-state index in [9.17, 15) is 0 Å². The lowest BCUT2D eigenvalue weighted by Gasteiger charge is -2.47. The molecule has 0 unspecified atom stereocenters. The van der Waals surface area contributed by atoms with Gasteiger partial charge in [-0.25, -0.2) is 0 Å². The Morgan fingerprint density at radius 2 is 0.857 bits per heavy atom. The van der Waals surface area contributed by atoms with Gasteiger partial charge in [-0.05, 0) is 0 Å². The Morgan fingerprint density at radius 3 is 0.857 bits per heavy atom. The molecule has 0 saturated heterocycles. The van der Waals surface area contributed by atoms with Crippen molar-refractivity contribution in [1.29, 1.82) is 0 Å². The molecule has 0 radical (unpaired) electrons. The van der Waals surface area contributed by atoms with Crippen molar-refractivity contribution in [3.8, 4) is 0 Å². The molecule has 0 aliphatic rings. The van der Waals surface area contributed by atoms with Gasteiger partial charge in [-0.2, -0.15) is 0 Å². The third kappa shape index (κ3) is 2.76. The van der Waals surface area contributed by atoms with Crippen molar-refractivity contribution in [1.82, 2.24) is 0 Å². The van der Waals surface area contributed by atoms with Crippen LogP contribution in [0.15, 0.2) is 0 Å². The highest BCUT2D eigenvalue weighted by molar-refractivity contribution is 9.74. The van der Waals surface area contributed by atoms with Gasteiger partial charge in [0.25, 0.3) is 3.45 Å². The zero-order chi connectivity index (χ0) is 11.7. The van der Waals surface area contributed by atoms with Crippen molar-refractivity contribution in [3.63, 3.8) is 0 Å². The maximum Gasteiger partial charge on any atom is 0.255 e. The Balaban J connectivity index is 5.40. The Kier molecular flexibility index (Phi) is 6.20. The molecule has 0 spiro atoms. The van der Waals surface area contributed by atoms with Crippen molar-refractivity contribution in [3.05, 3.63) is 0 Å². The van der Waals surface area contributed by atoms with Crippen LogP contribution in [-0.4, -0.2) is 11.0 Å². The summed E-state index contributed by atoms with van der Waals surface area (Å²) in [5.74, 6) is 0. The number of halogens is 3. The smallest absolute Gasteiger partial charge is 0.1000 e. The van der Waals surface area contributed by atoms with Crippen LogP contribution in [0.25, 0.3) is 0 Å². The quantitative estimate of drug-likeness (QED) is 0.391. The molecule has 0 heterocycles. The number of rotatable bonds is 4. The van der Waals surface area contributed by atoms with Crippen molar-refractivity contribution in [2.24, 2.45) is 0 Å². The van der Waals surface area contributed by atoms with Gasteiger partial charge in [0, 0.05) is 0 Å². The first kappa shape index (κ1) is 15.9. The first-order chi connectivity index (χ1) is 6.08. The molecule has 0 amide bonds. The molecular formula is C9H21Br3Si2. The van der Waals surface area contributed by atoms with E-state index < -0.39 is 11.0 Å². The van der Waals surface area contributed by atoms with E-state index in [1.807, 2.05) is 0 Å². The molecule has 0 aliphatic heterocycles. The Labute approximate surface area is 114 Å². The summed E-state index contributed by atoms with van der Waals surface area (Å²) >= 11 is 11.8. The lowest BCUT2D eigenvalue weighted by molar-refractivity contribution is 0.847. The van der Waals surface area contributed by atoms with Crippen LogP contribution in [0.3, 0.4) is 0 Å². The van der Waals surface area contributed by atoms with Crippen LogP contribution < -0.4 is 0 Å². The highest BCUT2D eigenvalue weighted by atomic mass is 80.0. The van der Waals surface area contributed by atoms with Crippen molar-refractivity contribution in [2.75, 3.05) is 0 Å². The third-order valence-corrected chi connectivity index (χ3v) is 36.8. The molecule has 0 N–H and O–H groups in total. The predicted molar refractivity (Wildman–Crippen MR) is 83.6 cm³/mol. The zero-order valence-electron chi connectivity index (χ0n) is 9.87. The topological polar surface area (TPSA) is 0 Å². The van der Waals surface area contributed by atoms with Crippen molar-refractivity contribution in [2.45, 2.75) is 58.2 Å². The lowest BCUT2D eigenvalue weighted by Crippen LogP contribution is -2.58. The summed E-state index contributed by atoms with van der Waals surface area (Å²) in [6.07, 6.45) is 0. The maximum atomic E-state index is 3.94. The summed E-state index contributed by atoms with van der Waals surface area (Å²) in [5.41, 5.74) is 2.40. The van der Waals surface area contributed by atoms with Crippen LogP contribution in [0.4, 0.5) is 0 Å².